The molecule has 0 aliphatic heterocycles. The first kappa shape index (κ1) is 17.7. The zero-order chi connectivity index (χ0) is 18.8. The van der Waals surface area contributed by atoms with Gasteiger partial charge in [-0.3, -0.25) is 0 Å². The summed E-state index contributed by atoms with van der Waals surface area (Å²) in [5.41, 5.74) is 4.59. The molecule has 0 spiro atoms. The van der Waals surface area contributed by atoms with E-state index < -0.39 is 0 Å². The van der Waals surface area contributed by atoms with Crippen LogP contribution in [0.3, 0.4) is 0 Å². The number of hydrogen-bond donors (Lipinski definition) is 0. The second-order valence-corrected chi connectivity index (χ2v) is 7.20. The lowest BCUT2D eigenvalue weighted by molar-refractivity contribution is 0.340. The predicted molar refractivity (Wildman–Crippen MR) is 109 cm³/mol. The third-order valence-electron chi connectivity index (χ3n) is 4.13. The first-order valence-electron chi connectivity index (χ1n) is 8.53. The first-order chi connectivity index (χ1) is 13.2. The number of hydrogen-bond acceptors (Lipinski definition) is 5. The summed E-state index contributed by atoms with van der Waals surface area (Å²) in [5.74, 6) is 0.840. The number of aromatic nitrogens is 4. The van der Waals surface area contributed by atoms with E-state index in [4.69, 9.17) is 21.3 Å². The van der Waals surface area contributed by atoms with Gasteiger partial charge < -0.3 is 4.74 Å². The van der Waals surface area contributed by atoms with Crippen molar-refractivity contribution in [3.05, 3.63) is 64.6 Å². The van der Waals surface area contributed by atoms with E-state index in [1.165, 1.54) is 0 Å². The zero-order valence-electron chi connectivity index (χ0n) is 14.9. The van der Waals surface area contributed by atoms with Crippen LogP contribution in [0.15, 0.2) is 53.9 Å². The zero-order valence-corrected chi connectivity index (χ0v) is 16.5. The van der Waals surface area contributed by atoms with Gasteiger partial charge in [-0.05, 0) is 50.2 Å². The SMILES string of the molecule is CCOc1ccc(-n2nnc(-c3nc(-c4ccc(Cl)cc4)cs3)c2C)cc1. The molecule has 4 rings (SSSR count). The maximum absolute atomic E-state index is 5.96. The highest BCUT2D eigenvalue weighted by atomic mass is 35.5. The number of halogens is 1. The van der Waals surface area contributed by atoms with Gasteiger partial charge in [-0.2, -0.15) is 0 Å². The summed E-state index contributed by atoms with van der Waals surface area (Å²) in [4.78, 5) is 4.73. The van der Waals surface area contributed by atoms with Gasteiger partial charge in [0.15, 0.2) is 0 Å². The second kappa shape index (κ2) is 7.50. The Balaban J connectivity index is 1.63. The summed E-state index contributed by atoms with van der Waals surface area (Å²) in [7, 11) is 0. The largest absolute Gasteiger partial charge is 0.494 e. The van der Waals surface area contributed by atoms with Crippen LogP contribution in [0.2, 0.25) is 5.02 Å². The van der Waals surface area contributed by atoms with Gasteiger partial charge in [-0.15, -0.1) is 16.4 Å². The van der Waals surface area contributed by atoms with E-state index in [9.17, 15) is 0 Å². The Hall–Kier alpha value is -2.70. The van der Waals surface area contributed by atoms with Crippen molar-refractivity contribution >= 4 is 22.9 Å². The Morgan fingerprint density at radius 2 is 1.81 bits per heavy atom. The predicted octanol–water partition coefficient (Wildman–Crippen LogP) is 5.42. The molecule has 0 unspecified atom stereocenters. The maximum Gasteiger partial charge on any atom is 0.146 e. The smallest absolute Gasteiger partial charge is 0.146 e. The van der Waals surface area contributed by atoms with Crippen LogP contribution < -0.4 is 4.74 Å². The Bertz CT molecular complexity index is 1050. The normalized spacial score (nSPS) is 10.9. The van der Waals surface area contributed by atoms with Crippen molar-refractivity contribution in [2.45, 2.75) is 13.8 Å². The average Bonchev–Trinajstić information content (AvgIpc) is 3.30. The summed E-state index contributed by atoms with van der Waals surface area (Å²) in [5, 5.41) is 12.2. The van der Waals surface area contributed by atoms with Gasteiger partial charge >= 0.3 is 0 Å². The molecule has 0 aliphatic carbocycles. The van der Waals surface area contributed by atoms with Crippen molar-refractivity contribution in [2.75, 3.05) is 6.61 Å². The van der Waals surface area contributed by atoms with Gasteiger partial charge in [0.2, 0.25) is 0 Å². The van der Waals surface area contributed by atoms with Gasteiger partial charge in [0.1, 0.15) is 16.5 Å². The molecule has 4 aromatic rings. The highest BCUT2D eigenvalue weighted by Crippen LogP contribution is 2.30. The molecule has 0 bridgehead atoms. The van der Waals surface area contributed by atoms with E-state index >= 15 is 0 Å². The van der Waals surface area contributed by atoms with Crippen molar-refractivity contribution in [1.82, 2.24) is 20.0 Å². The minimum absolute atomic E-state index is 0.645. The molecule has 2 heterocycles. The molecule has 2 aromatic carbocycles. The van der Waals surface area contributed by atoms with E-state index in [0.717, 1.165) is 39.1 Å². The molecule has 27 heavy (non-hydrogen) atoms. The molecule has 0 N–H and O–H groups in total. The van der Waals surface area contributed by atoms with Crippen LogP contribution in [0.5, 0.6) is 5.75 Å². The number of nitrogens with zero attached hydrogens (tertiary/aromatic N) is 4. The molecule has 0 amide bonds. The summed E-state index contributed by atoms with van der Waals surface area (Å²) >= 11 is 7.52. The van der Waals surface area contributed by atoms with Crippen molar-refractivity contribution < 1.29 is 4.74 Å². The fourth-order valence-corrected chi connectivity index (χ4v) is 3.75. The molecular weight excluding hydrogens is 380 g/mol. The maximum atomic E-state index is 5.96. The second-order valence-electron chi connectivity index (χ2n) is 5.91. The average molecular weight is 397 g/mol. The Morgan fingerprint density at radius 1 is 1.07 bits per heavy atom. The third-order valence-corrected chi connectivity index (χ3v) is 5.23. The molecule has 0 saturated carbocycles. The van der Waals surface area contributed by atoms with Crippen LogP contribution in [0.4, 0.5) is 0 Å². The summed E-state index contributed by atoms with van der Waals surface area (Å²) in [6, 6.07) is 15.5. The summed E-state index contributed by atoms with van der Waals surface area (Å²) in [6.07, 6.45) is 0. The van der Waals surface area contributed by atoms with Crippen LogP contribution in [0, 0.1) is 6.92 Å². The van der Waals surface area contributed by atoms with Gasteiger partial charge in [0, 0.05) is 16.0 Å². The molecule has 2 aromatic heterocycles. The first-order valence-corrected chi connectivity index (χ1v) is 9.79. The van der Waals surface area contributed by atoms with E-state index in [2.05, 4.69) is 10.3 Å². The number of thiazole rings is 1. The molecule has 5 nitrogen and oxygen atoms in total. The molecule has 136 valence electrons. The van der Waals surface area contributed by atoms with Crippen LogP contribution in [0.25, 0.3) is 27.6 Å². The van der Waals surface area contributed by atoms with Crippen molar-refractivity contribution in [3.8, 4) is 33.4 Å². The topological polar surface area (TPSA) is 52.8 Å². The van der Waals surface area contributed by atoms with E-state index in [1.807, 2.05) is 72.4 Å². The number of benzene rings is 2. The Kier molecular flexibility index (Phi) is 4.92. The van der Waals surface area contributed by atoms with Crippen molar-refractivity contribution in [3.63, 3.8) is 0 Å². The molecule has 7 heteroatoms. The monoisotopic (exact) mass is 396 g/mol. The summed E-state index contributed by atoms with van der Waals surface area (Å²) in [6.45, 7) is 4.61. The molecule has 0 fully saturated rings. The Labute approximate surface area is 166 Å². The number of rotatable bonds is 5. The van der Waals surface area contributed by atoms with Crippen LogP contribution in [0.1, 0.15) is 12.6 Å². The van der Waals surface area contributed by atoms with Gasteiger partial charge in [-0.25, -0.2) is 9.67 Å². The van der Waals surface area contributed by atoms with Gasteiger partial charge in [-0.1, -0.05) is 28.9 Å². The van der Waals surface area contributed by atoms with Gasteiger partial charge in [0.05, 0.1) is 23.7 Å². The molecule has 0 saturated heterocycles. The van der Waals surface area contributed by atoms with Crippen LogP contribution in [-0.4, -0.2) is 26.6 Å². The molecular formula is C20H17ClN4OS. The minimum Gasteiger partial charge on any atom is -0.494 e. The van der Waals surface area contributed by atoms with E-state index in [-0.39, 0.29) is 0 Å². The lowest BCUT2D eigenvalue weighted by atomic mass is 10.2. The lowest BCUT2D eigenvalue weighted by Crippen LogP contribution is -1.99. The van der Waals surface area contributed by atoms with Crippen LogP contribution >= 0.6 is 22.9 Å². The van der Waals surface area contributed by atoms with E-state index in [0.29, 0.717) is 11.6 Å². The van der Waals surface area contributed by atoms with Crippen molar-refractivity contribution in [2.24, 2.45) is 0 Å². The van der Waals surface area contributed by atoms with E-state index in [1.54, 1.807) is 11.3 Å². The fraction of sp³-hybridized carbons (Fsp3) is 0.150. The molecule has 0 radical (unpaired) electrons. The van der Waals surface area contributed by atoms with Gasteiger partial charge in [0.25, 0.3) is 0 Å². The quantitative estimate of drug-likeness (QED) is 0.452. The highest BCUT2D eigenvalue weighted by Gasteiger charge is 2.16. The fourth-order valence-electron chi connectivity index (χ4n) is 2.76. The van der Waals surface area contributed by atoms with Crippen molar-refractivity contribution in [1.29, 1.82) is 0 Å². The standard InChI is InChI=1S/C20H17ClN4OS/c1-3-26-17-10-8-16(9-11-17)25-13(2)19(23-24-25)20-22-18(12-27-20)14-4-6-15(21)7-5-14/h4-12H,3H2,1-2H3. The Morgan fingerprint density at radius 3 is 2.52 bits per heavy atom. The summed E-state index contributed by atoms with van der Waals surface area (Å²) < 4.78 is 7.31. The van der Waals surface area contributed by atoms with Crippen LogP contribution in [-0.2, 0) is 0 Å². The number of ether oxygens (including phenoxy) is 1. The highest BCUT2D eigenvalue weighted by molar-refractivity contribution is 7.13. The minimum atomic E-state index is 0.645. The lowest BCUT2D eigenvalue weighted by Gasteiger charge is -2.06. The third kappa shape index (κ3) is 3.59. The molecule has 0 aliphatic rings. The molecule has 0 atom stereocenters.